The van der Waals surface area contributed by atoms with Crippen molar-refractivity contribution in [3.05, 3.63) is 28.5 Å². The molecule has 0 N–H and O–H groups in total. The summed E-state index contributed by atoms with van der Waals surface area (Å²) in [4.78, 5) is 20.0. The molecule has 1 aliphatic heterocycles. The number of pyridine rings is 1. The summed E-state index contributed by atoms with van der Waals surface area (Å²) in [7, 11) is 4.07. The van der Waals surface area contributed by atoms with Crippen LogP contribution in [-0.2, 0) is 0 Å². The van der Waals surface area contributed by atoms with Gasteiger partial charge in [-0.2, -0.15) is 0 Å². The van der Waals surface area contributed by atoms with E-state index in [0.29, 0.717) is 11.6 Å². The number of carbonyl (C=O) groups excluding carboxylic acids is 1. The van der Waals surface area contributed by atoms with Gasteiger partial charge in [0.25, 0.3) is 5.91 Å². The Morgan fingerprint density at radius 1 is 1.56 bits per heavy atom. The van der Waals surface area contributed by atoms with Gasteiger partial charge in [-0.05, 0) is 36.1 Å². The van der Waals surface area contributed by atoms with Crippen molar-refractivity contribution in [2.24, 2.45) is 0 Å². The fourth-order valence-corrected chi connectivity index (χ4v) is 2.09. The largest absolute Gasteiger partial charge is 0.335 e. The minimum absolute atomic E-state index is 0.0763. The number of hydrogen-bond acceptors (Lipinski definition) is 3. The van der Waals surface area contributed by atoms with Crippen molar-refractivity contribution in [2.75, 3.05) is 27.2 Å². The molecule has 2 heterocycles. The number of halogens is 1. The second kappa shape index (κ2) is 4.51. The molecule has 1 aliphatic rings. The lowest BCUT2D eigenvalue weighted by Gasteiger charge is -2.42. The number of rotatable bonds is 2. The zero-order valence-corrected chi connectivity index (χ0v) is 10.9. The van der Waals surface area contributed by atoms with Crippen molar-refractivity contribution < 1.29 is 4.79 Å². The van der Waals surface area contributed by atoms with E-state index in [1.54, 1.807) is 18.5 Å². The number of carbonyl (C=O) groups is 1. The maximum Gasteiger partial charge on any atom is 0.255 e. The summed E-state index contributed by atoms with van der Waals surface area (Å²) >= 11 is 3.34. The summed E-state index contributed by atoms with van der Waals surface area (Å²) in [6.45, 7) is 1.61. The lowest BCUT2D eigenvalue weighted by Crippen LogP contribution is -2.59. The van der Waals surface area contributed by atoms with Gasteiger partial charge in [0.1, 0.15) is 0 Å². The van der Waals surface area contributed by atoms with Crippen molar-refractivity contribution >= 4 is 21.8 Å². The Bertz CT molecular complexity index is 402. The van der Waals surface area contributed by atoms with E-state index in [-0.39, 0.29) is 5.91 Å². The van der Waals surface area contributed by atoms with Gasteiger partial charge in [-0.1, -0.05) is 0 Å². The van der Waals surface area contributed by atoms with Crippen LogP contribution in [0.3, 0.4) is 0 Å². The Hall–Kier alpha value is -0.940. The molecule has 1 aromatic rings. The Morgan fingerprint density at radius 3 is 2.81 bits per heavy atom. The van der Waals surface area contributed by atoms with E-state index in [9.17, 15) is 4.79 Å². The Morgan fingerprint density at radius 2 is 2.25 bits per heavy atom. The summed E-state index contributed by atoms with van der Waals surface area (Å²) in [6.07, 6.45) is 3.29. The molecule has 0 aromatic carbocycles. The van der Waals surface area contributed by atoms with Crippen molar-refractivity contribution in [3.8, 4) is 0 Å². The third kappa shape index (κ3) is 2.10. The van der Waals surface area contributed by atoms with Gasteiger partial charge >= 0.3 is 0 Å². The topological polar surface area (TPSA) is 36.4 Å². The summed E-state index contributed by atoms with van der Waals surface area (Å²) in [5, 5.41) is 0. The first-order valence-corrected chi connectivity index (χ1v) is 5.94. The molecule has 0 saturated carbocycles. The summed E-state index contributed by atoms with van der Waals surface area (Å²) < 4.78 is 0.758. The predicted molar refractivity (Wildman–Crippen MR) is 65.3 cm³/mol. The standard InChI is InChI=1S/C11H14BrN3O/c1-14(2)8-6-15(7-8)11(16)9-3-4-13-5-10(9)12/h3-5,8H,6-7H2,1-2H3. The Labute approximate surface area is 103 Å². The number of likely N-dealkylation sites (tertiary alicyclic amines) is 1. The van der Waals surface area contributed by atoms with E-state index in [1.807, 2.05) is 19.0 Å². The Kier molecular flexibility index (Phi) is 3.25. The second-order valence-corrected chi connectivity index (χ2v) is 5.04. The quantitative estimate of drug-likeness (QED) is 0.819. The van der Waals surface area contributed by atoms with Gasteiger partial charge in [0.2, 0.25) is 0 Å². The molecule has 0 radical (unpaired) electrons. The van der Waals surface area contributed by atoms with Crippen LogP contribution in [0.15, 0.2) is 22.9 Å². The van der Waals surface area contributed by atoms with Crippen LogP contribution in [0.5, 0.6) is 0 Å². The molecule has 0 spiro atoms. The molecule has 16 heavy (non-hydrogen) atoms. The molecule has 4 nitrogen and oxygen atoms in total. The highest BCUT2D eigenvalue weighted by Crippen LogP contribution is 2.21. The number of amides is 1. The number of hydrogen-bond donors (Lipinski definition) is 0. The predicted octanol–water partition coefficient (Wildman–Crippen LogP) is 1.23. The molecule has 2 rings (SSSR count). The number of likely N-dealkylation sites (N-methyl/N-ethyl adjacent to an activating group) is 1. The molecule has 0 unspecified atom stereocenters. The van der Waals surface area contributed by atoms with E-state index >= 15 is 0 Å². The van der Waals surface area contributed by atoms with Crippen molar-refractivity contribution in [1.29, 1.82) is 0 Å². The van der Waals surface area contributed by atoms with Gasteiger partial charge in [0, 0.05) is 36.0 Å². The molecule has 0 atom stereocenters. The molecule has 1 saturated heterocycles. The van der Waals surface area contributed by atoms with E-state index < -0.39 is 0 Å². The van der Waals surface area contributed by atoms with Crippen LogP contribution in [0.4, 0.5) is 0 Å². The zero-order chi connectivity index (χ0) is 11.7. The van der Waals surface area contributed by atoms with Crippen LogP contribution in [0, 0.1) is 0 Å². The van der Waals surface area contributed by atoms with Gasteiger partial charge in [0.05, 0.1) is 5.56 Å². The molecule has 5 heteroatoms. The third-order valence-electron chi connectivity index (χ3n) is 2.88. The van der Waals surface area contributed by atoms with Crippen molar-refractivity contribution in [2.45, 2.75) is 6.04 Å². The molecule has 1 aromatic heterocycles. The maximum atomic E-state index is 12.1. The minimum Gasteiger partial charge on any atom is -0.335 e. The molecule has 0 aliphatic carbocycles. The van der Waals surface area contributed by atoms with Crippen LogP contribution in [-0.4, -0.2) is 53.9 Å². The smallest absolute Gasteiger partial charge is 0.255 e. The maximum absolute atomic E-state index is 12.1. The molecule has 86 valence electrons. The highest BCUT2D eigenvalue weighted by atomic mass is 79.9. The van der Waals surface area contributed by atoms with Crippen LogP contribution in [0.1, 0.15) is 10.4 Å². The van der Waals surface area contributed by atoms with Crippen LogP contribution in [0.25, 0.3) is 0 Å². The summed E-state index contributed by atoms with van der Waals surface area (Å²) in [5.41, 5.74) is 0.687. The van der Waals surface area contributed by atoms with Gasteiger partial charge in [-0.15, -0.1) is 0 Å². The van der Waals surface area contributed by atoms with Gasteiger partial charge in [-0.25, -0.2) is 0 Å². The fourth-order valence-electron chi connectivity index (χ4n) is 1.67. The normalized spacial score (nSPS) is 16.4. The average Bonchev–Trinajstić information content (AvgIpc) is 2.15. The molecular weight excluding hydrogens is 270 g/mol. The first-order chi connectivity index (χ1) is 7.59. The van der Waals surface area contributed by atoms with E-state index in [4.69, 9.17) is 0 Å². The van der Waals surface area contributed by atoms with Gasteiger partial charge in [-0.3, -0.25) is 9.78 Å². The first-order valence-electron chi connectivity index (χ1n) is 5.15. The highest BCUT2D eigenvalue weighted by Gasteiger charge is 2.32. The van der Waals surface area contributed by atoms with E-state index in [2.05, 4.69) is 25.8 Å². The second-order valence-electron chi connectivity index (χ2n) is 4.18. The first kappa shape index (κ1) is 11.5. The van der Waals surface area contributed by atoms with Crippen LogP contribution >= 0.6 is 15.9 Å². The molecule has 0 bridgehead atoms. The van der Waals surface area contributed by atoms with E-state index in [0.717, 1.165) is 17.6 Å². The summed E-state index contributed by atoms with van der Waals surface area (Å²) in [6, 6.07) is 2.24. The van der Waals surface area contributed by atoms with Gasteiger partial charge in [0.15, 0.2) is 0 Å². The lowest BCUT2D eigenvalue weighted by molar-refractivity contribution is 0.0398. The number of nitrogens with zero attached hydrogens (tertiary/aromatic N) is 3. The molecule has 1 fully saturated rings. The zero-order valence-electron chi connectivity index (χ0n) is 9.35. The highest BCUT2D eigenvalue weighted by molar-refractivity contribution is 9.10. The van der Waals surface area contributed by atoms with Crippen molar-refractivity contribution in [1.82, 2.24) is 14.8 Å². The SMILES string of the molecule is CN(C)C1CN(C(=O)c2ccncc2Br)C1. The minimum atomic E-state index is 0.0763. The van der Waals surface area contributed by atoms with Crippen LogP contribution < -0.4 is 0 Å². The number of aromatic nitrogens is 1. The fraction of sp³-hybridized carbons (Fsp3) is 0.455. The monoisotopic (exact) mass is 283 g/mol. The lowest BCUT2D eigenvalue weighted by atomic mass is 10.1. The molecular formula is C11H14BrN3O. The van der Waals surface area contributed by atoms with Crippen molar-refractivity contribution in [3.63, 3.8) is 0 Å². The Balaban J connectivity index is 2.03. The average molecular weight is 284 g/mol. The van der Waals surface area contributed by atoms with Gasteiger partial charge < -0.3 is 9.80 Å². The van der Waals surface area contributed by atoms with E-state index in [1.165, 1.54) is 0 Å². The molecule has 1 amide bonds. The summed E-state index contributed by atoms with van der Waals surface area (Å²) in [5.74, 6) is 0.0763. The third-order valence-corrected chi connectivity index (χ3v) is 3.51. The van der Waals surface area contributed by atoms with Crippen LogP contribution in [0.2, 0.25) is 0 Å².